The Kier molecular flexibility index (Phi) is 2.45. The molecule has 3 rings (SSSR count). The smallest absolute Gasteiger partial charge is 0.226 e. The summed E-state index contributed by atoms with van der Waals surface area (Å²) < 4.78 is 2.04. The fourth-order valence-corrected chi connectivity index (χ4v) is 1.89. The predicted molar refractivity (Wildman–Crippen MR) is 61.0 cm³/mol. The van der Waals surface area contributed by atoms with Gasteiger partial charge in [0.15, 0.2) is 5.82 Å². The van der Waals surface area contributed by atoms with E-state index in [0.717, 1.165) is 24.6 Å². The van der Waals surface area contributed by atoms with Gasteiger partial charge >= 0.3 is 0 Å². The Morgan fingerprint density at radius 2 is 2.29 bits per heavy atom. The molecular formula is C10H13N7. The van der Waals surface area contributed by atoms with Crippen LogP contribution in [0.3, 0.4) is 0 Å². The minimum atomic E-state index is 0.430. The van der Waals surface area contributed by atoms with E-state index in [1.807, 2.05) is 10.6 Å². The molecule has 88 valence electrons. The largest absolute Gasteiger partial charge is 0.331 e. The van der Waals surface area contributed by atoms with Crippen LogP contribution in [-0.2, 0) is 19.6 Å². The summed E-state index contributed by atoms with van der Waals surface area (Å²) in [5, 5.41) is 7.96. The molecule has 17 heavy (non-hydrogen) atoms. The average molecular weight is 231 g/mol. The summed E-state index contributed by atoms with van der Waals surface area (Å²) in [5.74, 6) is 1.65. The molecular weight excluding hydrogens is 218 g/mol. The lowest BCUT2D eigenvalue weighted by atomic mass is 10.3. The molecule has 7 heteroatoms. The van der Waals surface area contributed by atoms with E-state index in [1.165, 1.54) is 0 Å². The predicted octanol–water partition coefficient (Wildman–Crippen LogP) is -0.453. The maximum atomic E-state index is 5.57. The molecule has 2 aromatic rings. The average Bonchev–Trinajstić information content (AvgIpc) is 2.86. The first kappa shape index (κ1) is 10.2. The molecule has 0 spiro atoms. The van der Waals surface area contributed by atoms with Crippen molar-refractivity contribution in [3.8, 4) is 0 Å². The fraction of sp³-hybridized carbons (Fsp3) is 0.400. The third-order valence-electron chi connectivity index (χ3n) is 2.83. The van der Waals surface area contributed by atoms with Gasteiger partial charge < -0.3 is 15.2 Å². The molecule has 1 aliphatic heterocycles. The molecule has 0 bridgehead atoms. The summed E-state index contributed by atoms with van der Waals surface area (Å²) in [6.45, 7) is 2.84. The molecule has 0 saturated heterocycles. The molecule has 2 aromatic heterocycles. The summed E-state index contributed by atoms with van der Waals surface area (Å²) in [6.07, 6.45) is 3.49. The van der Waals surface area contributed by atoms with E-state index in [1.54, 1.807) is 12.5 Å². The zero-order chi connectivity index (χ0) is 11.7. The van der Waals surface area contributed by atoms with Crippen LogP contribution >= 0.6 is 0 Å². The second-order valence-electron chi connectivity index (χ2n) is 3.91. The van der Waals surface area contributed by atoms with Crippen LogP contribution in [0.4, 0.5) is 5.95 Å². The third kappa shape index (κ3) is 1.84. The summed E-state index contributed by atoms with van der Waals surface area (Å²) >= 11 is 0. The highest BCUT2D eigenvalue weighted by atomic mass is 15.3. The molecule has 7 nitrogen and oxygen atoms in total. The minimum Gasteiger partial charge on any atom is -0.331 e. The number of nitrogens with two attached hydrogens (primary N) is 1. The van der Waals surface area contributed by atoms with Gasteiger partial charge in [0.2, 0.25) is 5.95 Å². The number of fused-ring (bicyclic) bond motifs is 1. The Morgan fingerprint density at radius 3 is 3.18 bits per heavy atom. The molecule has 0 amide bonds. The number of hydrogen-bond acceptors (Lipinski definition) is 6. The topological polar surface area (TPSA) is 85.8 Å². The summed E-state index contributed by atoms with van der Waals surface area (Å²) in [5.41, 5.74) is 6.42. The van der Waals surface area contributed by atoms with Crippen molar-refractivity contribution in [1.82, 2.24) is 24.7 Å². The van der Waals surface area contributed by atoms with Crippen molar-refractivity contribution in [2.45, 2.75) is 19.6 Å². The van der Waals surface area contributed by atoms with Crippen molar-refractivity contribution in [3.05, 3.63) is 30.1 Å². The standard InChI is InChI=1S/C10H13N7/c11-5-8-1-2-12-10(14-8)16-3-4-17-7-13-15-9(17)6-16/h1-2,7H,3-6,11H2. The second-order valence-corrected chi connectivity index (χ2v) is 3.91. The van der Waals surface area contributed by atoms with Crippen LogP contribution in [0.25, 0.3) is 0 Å². The van der Waals surface area contributed by atoms with Gasteiger partial charge in [-0.1, -0.05) is 0 Å². The van der Waals surface area contributed by atoms with Gasteiger partial charge in [0.25, 0.3) is 0 Å². The van der Waals surface area contributed by atoms with Gasteiger partial charge in [-0.15, -0.1) is 10.2 Å². The van der Waals surface area contributed by atoms with E-state index >= 15 is 0 Å². The van der Waals surface area contributed by atoms with Crippen molar-refractivity contribution in [2.75, 3.05) is 11.4 Å². The summed E-state index contributed by atoms with van der Waals surface area (Å²) in [7, 11) is 0. The Morgan fingerprint density at radius 1 is 1.35 bits per heavy atom. The van der Waals surface area contributed by atoms with Crippen molar-refractivity contribution in [3.63, 3.8) is 0 Å². The third-order valence-corrected chi connectivity index (χ3v) is 2.83. The molecule has 3 heterocycles. The first-order chi connectivity index (χ1) is 8.36. The van der Waals surface area contributed by atoms with Crippen LogP contribution in [0.2, 0.25) is 0 Å². The Hall–Kier alpha value is -2.02. The first-order valence-corrected chi connectivity index (χ1v) is 5.50. The van der Waals surface area contributed by atoms with Crippen molar-refractivity contribution in [2.24, 2.45) is 5.73 Å². The quantitative estimate of drug-likeness (QED) is 0.753. The first-order valence-electron chi connectivity index (χ1n) is 5.50. The molecule has 1 aliphatic rings. The van der Waals surface area contributed by atoms with E-state index in [9.17, 15) is 0 Å². The lowest BCUT2D eigenvalue weighted by molar-refractivity contribution is 0.550. The minimum absolute atomic E-state index is 0.430. The Bertz CT molecular complexity index is 521. The number of rotatable bonds is 2. The SMILES string of the molecule is NCc1ccnc(N2CCn3cnnc3C2)n1. The van der Waals surface area contributed by atoms with E-state index in [-0.39, 0.29) is 0 Å². The van der Waals surface area contributed by atoms with E-state index < -0.39 is 0 Å². The summed E-state index contributed by atoms with van der Waals surface area (Å²) in [6, 6.07) is 1.83. The monoisotopic (exact) mass is 231 g/mol. The van der Waals surface area contributed by atoms with Crippen LogP contribution in [0.1, 0.15) is 11.5 Å². The molecule has 0 aliphatic carbocycles. The van der Waals surface area contributed by atoms with E-state index in [0.29, 0.717) is 19.0 Å². The van der Waals surface area contributed by atoms with Crippen molar-refractivity contribution < 1.29 is 0 Å². The lowest BCUT2D eigenvalue weighted by Gasteiger charge is -2.27. The molecule has 0 radical (unpaired) electrons. The number of aromatic nitrogens is 5. The molecule has 0 aromatic carbocycles. The van der Waals surface area contributed by atoms with Crippen LogP contribution in [0.15, 0.2) is 18.6 Å². The molecule has 0 unspecified atom stereocenters. The molecule has 2 N–H and O–H groups in total. The highest BCUT2D eigenvalue weighted by Gasteiger charge is 2.19. The van der Waals surface area contributed by atoms with Gasteiger partial charge in [-0.05, 0) is 6.07 Å². The fourth-order valence-electron chi connectivity index (χ4n) is 1.89. The van der Waals surface area contributed by atoms with E-state index in [4.69, 9.17) is 5.73 Å². The second kappa shape index (κ2) is 4.10. The van der Waals surface area contributed by atoms with Crippen molar-refractivity contribution >= 4 is 5.95 Å². The molecule has 0 saturated carbocycles. The zero-order valence-electron chi connectivity index (χ0n) is 9.32. The number of nitrogens with zero attached hydrogens (tertiary/aromatic N) is 6. The normalized spacial score (nSPS) is 14.8. The van der Waals surface area contributed by atoms with Crippen LogP contribution in [0.5, 0.6) is 0 Å². The van der Waals surface area contributed by atoms with Crippen LogP contribution in [0, 0.1) is 0 Å². The number of anilines is 1. The molecule has 0 fully saturated rings. The zero-order valence-corrected chi connectivity index (χ0v) is 9.32. The van der Waals surface area contributed by atoms with E-state index in [2.05, 4.69) is 25.1 Å². The Labute approximate surface area is 98.3 Å². The molecule has 0 atom stereocenters. The highest BCUT2D eigenvalue weighted by molar-refractivity contribution is 5.31. The van der Waals surface area contributed by atoms with Gasteiger partial charge in [0.05, 0.1) is 12.2 Å². The maximum absolute atomic E-state index is 5.57. The van der Waals surface area contributed by atoms with Gasteiger partial charge in [-0.25, -0.2) is 9.97 Å². The van der Waals surface area contributed by atoms with Gasteiger partial charge in [0, 0.05) is 25.8 Å². The Balaban J connectivity index is 1.86. The van der Waals surface area contributed by atoms with Gasteiger partial charge in [-0.3, -0.25) is 0 Å². The number of hydrogen-bond donors (Lipinski definition) is 1. The lowest BCUT2D eigenvalue weighted by Crippen LogP contribution is -2.34. The highest BCUT2D eigenvalue weighted by Crippen LogP contribution is 2.15. The summed E-state index contributed by atoms with van der Waals surface area (Å²) in [4.78, 5) is 10.8. The van der Waals surface area contributed by atoms with Crippen LogP contribution in [-0.4, -0.2) is 31.3 Å². The maximum Gasteiger partial charge on any atom is 0.226 e. The van der Waals surface area contributed by atoms with Gasteiger partial charge in [0.1, 0.15) is 6.33 Å². The van der Waals surface area contributed by atoms with Crippen LogP contribution < -0.4 is 10.6 Å². The van der Waals surface area contributed by atoms with Crippen molar-refractivity contribution in [1.29, 1.82) is 0 Å². The van der Waals surface area contributed by atoms with Gasteiger partial charge in [-0.2, -0.15) is 0 Å².